The lowest BCUT2D eigenvalue weighted by atomic mass is 9.84. The first-order valence-electron chi connectivity index (χ1n) is 12.6. The second-order valence-electron chi connectivity index (χ2n) is 9.76. The summed E-state index contributed by atoms with van der Waals surface area (Å²) >= 11 is 0. The number of methoxy groups -OCH3 is 1. The molecule has 2 heterocycles. The molecule has 176 valence electrons. The average Bonchev–Trinajstić information content (AvgIpc) is 3.09. The third-order valence-electron chi connectivity index (χ3n) is 7.85. The highest BCUT2D eigenvalue weighted by Crippen LogP contribution is 2.40. The quantitative estimate of drug-likeness (QED) is 0.656. The van der Waals surface area contributed by atoms with Crippen LogP contribution in [0.1, 0.15) is 70.6 Å². The molecule has 0 bridgehead atoms. The molecule has 4 rings (SSSR count). The van der Waals surface area contributed by atoms with E-state index in [0.717, 1.165) is 31.6 Å². The van der Waals surface area contributed by atoms with E-state index in [9.17, 15) is 9.59 Å². The topological polar surface area (TPSA) is 53.1 Å². The Kier molecular flexibility index (Phi) is 7.71. The molecule has 1 aromatic carbocycles. The molecule has 0 N–H and O–H groups in total. The van der Waals surface area contributed by atoms with Crippen molar-refractivity contribution in [2.75, 3.05) is 38.3 Å². The molecule has 6 nitrogen and oxygen atoms in total. The Morgan fingerprint density at radius 3 is 2.16 bits per heavy atom. The summed E-state index contributed by atoms with van der Waals surface area (Å²) in [6.45, 7) is 2.37. The minimum absolute atomic E-state index is 0.0206. The van der Waals surface area contributed by atoms with Crippen molar-refractivity contribution in [3.8, 4) is 0 Å². The molecular weight excluding hydrogens is 402 g/mol. The van der Waals surface area contributed by atoms with E-state index < -0.39 is 5.54 Å². The van der Waals surface area contributed by atoms with Crippen LogP contribution in [0.5, 0.6) is 0 Å². The molecule has 0 atom stereocenters. The summed E-state index contributed by atoms with van der Waals surface area (Å²) < 4.78 is 4.86. The highest BCUT2D eigenvalue weighted by Gasteiger charge is 2.54. The third kappa shape index (κ3) is 4.95. The molecule has 0 aromatic heterocycles. The number of piperidine rings is 1. The molecule has 1 spiro atoms. The summed E-state index contributed by atoms with van der Waals surface area (Å²) in [6.07, 6.45) is 13.7. The van der Waals surface area contributed by atoms with Gasteiger partial charge >= 0.3 is 5.97 Å². The highest BCUT2D eigenvalue weighted by molar-refractivity contribution is 5.95. The van der Waals surface area contributed by atoms with E-state index in [2.05, 4.69) is 21.9 Å². The van der Waals surface area contributed by atoms with Crippen LogP contribution in [-0.4, -0.2) is 66.7 Å². The minimum Gasteiger partial charge on any atom is -0.468 e. The molecule has 1 aliphatic carbocycles. The van der Waals surface area contributed by atoms with Crippen molar-refractivity contribution >= 4 is 17.6 Å². The van der Waals surface area contributed by atoms with Crippen LogP contribution in [0, 0.1) is 0 Å². The van der Waals surface area contributed by atoms with E-state index in [0.29, 0.717) is 12.7 Å². The lowest BCUT2D eigenvalue weighted by Gasteiger charge is -2.45. The van der Waals surface area contributed by atoms with Crippen LogP contribution in [0.25, 0.3) is 0 Å². The molecule has 32 heavy (non-hydrogen) atoms. The predicted molar refractivity (Wildman–Crippen MR) is 126 cm³/mol. The summed E-state index contributed by atoms with van der Waals surface area (Å²) in [5, 5.41) is 0. The zero-order valence-electron chi connectivity index (χ0n) is 19.6. The van der Waals surface area contributed by atoms with Gasteiger partial charge in [0, 0.05) is 24.8 Å². The van der Waals surface area contributed by atoms with E-state index in [-0.39, 0.29) is 18.4 Å². The van der Waals surface area contributed by atoms with Crippen LogP contribution in [-0.2, 0) is 14.3 Å². The van der Waals surface area contributed by atoms with Crippen LogP contribution >= 0.6 is 0 Å². The van der Waals surface area contributed by atoms with E-state index in [1.165, 1.54) is 64.9 Å². The molecule has 0 unspecified atom stereocenters. The van der Waals surface area contributed by atoms with Crippen molar-refractivity contribution in [3.05, 3.63) is 30.3 Å². The molecule has 1 saturated carbocycles. The number of hydrogen-bond acceptors (Lipinski definition) is 5. The Balaban J connectivity index is 1.49. The van der Waals surface area contributed by atoms with Crippen molar-refractivity contribution in [1.29, 1.82) is 0 Å². The van der Waals surface area contributed by atoms with E-state index in [1.807, 2.05) is 18.2 Å². The summed E-state index contributed by atoms with van der Waals surface area (Å²) in [7, 11) is 1.38. The average molecular weight is 442 g/mol. The van der Waals surface area contributed by atoms with Crippen LogP contribution in [0.2, 0.25) is 0 Å². The Morgan fingerprint density at radius 1 is 0.969 bits per heavy atom. The number of nitrogens with zero attached hydrogens (tertiary/aromatic N) is 3. The fourth-order valence-corrected chi connectivity index (χ4v) is 5.96. The maximum Gasteiger partial charge on any atom is 0.325 e. The van der Waals surface area contributed by atoms with Gasteiger partial charge in [0.1, 0.15) is 12.1 Å². The van der Waals surface area contributed by atoms with Gasteiger partial charge in [-0.15, -0.1) is 0 Å². The first-order valence-corrected chi connectivity index (χ1v) is 12.6. The number of hydrogen-bond donors (Lipinski definition) is 0. The Morgan fingerprint density at radius 2 is 1.56 bits per heavy atom. The number of esters is 1. The SMILES string of the molecule is COC(=O)CN1CN(c2ccccc2)C2(CCN(C3CCCCCCCCC3)CC2)C1=O. The molecule has 6 heteroatoms. The van der Waals surface area contributed by atoms with Gasteiger partial charge in [-0.25, -0.2) is 0 Å². The van der Waals surface area contributed by atoms with Gasteiger partial charge in [0.25, 0.3) is 5.91 Å². The van der Waals surface area contributed by atoms with Gasteiger partial charge in [0.2, 0.25) is 0 Å². The number of rotatable bonds is 4. The maximum atomic E-state index is 13.6. The van der Waals surface area contributed by atoms with Gasteiger partial charge in [-0.2, -0.15) is 0 Å². The summed E-state index contributed by atoms with van der Waals surface area (Å²) in [5.41, 5.74) is 0.502. The van der Waals surface area contributed by atoms with E-state index >= 15 is 0 Å². The normalized spacial score (nSPS) is 23.5. The van der Waals surface area contributed by atoms with Crippen molar-refractivity contribution in [3.63, 3.8) is 0 Å². The van der Waals surface area contributed by atoms with Gasteiger partial charge in [-0.3, -0.25) is 9.59 Å². The zero-order valence-corrected chi connectivity index (χ0v) is 19.6. The zero-order chi connectivity index (χ0) is 22.4. The largest absolute Gasteiger partial charge is 0.468 e. The van der Waals surface area contributed by atoms with Gasteiger partial charge in [0.15, 0.2) is 0 Å². The lowest BCUT2D eigenvalue weighted by Crippen LogP contribution is -2.58. The van der Waals surface area contributed by atoms with Crippen molar-refractivity contribution in [2.45, 2.75) is 82.2 Å². The monoisotopic (exact) mass is 441 g/mol. The number of anilines is 1. The number of ether oxygens (including phenoxy) is 1. The van der Waals surface area contributed by atoms with Crippen molar-refractivity contribution in [2.24, 2.45) is 0 Å². The number of carbonyl (C=O) groups is 2. The second-order valence-corrected chi connectivity index (χ2v) is 9.76. The fraction of sp³-hybridized carbons (Fsp3) is 0.692. The van der Waals surface area contributed by atoms with Gasteiger partial charge < -0.3 is 19.4 Å². The summed E-state index contributed by atoms with van der Waals surface area (Å²) in [5.74, 6) is -0.278. The number of benzene rings is 1. The number of para-hydroxylation sites is 1. The van der Waals surface area contributed by atoms with Crippen molar-refractivity contribution < 1.29 is 14.3 Å². The van der Waals surface area contributed by atoms with Gasteiger partial charge in [0.05, 0.1) is 13.8 Å². The number of amides is 1. The van der Waals surface area contributed by atoms with Crippen LogP contribution in [0.4, 0.5) is 5.69 Å². The second kappa shape index (κ2) is 10.7. The fourth-order valence-electron chi connectivity index (χ4n) is 5.96. The first-order chi connectivity index (χ1) is 15.6. The minimum atomic E-state index is -0.554. The Bertz CT molecular complexity index is 751. The summed E-state index contributed by atoms with van der Waals surface area (Å²) in [4.78, 5) is 32.2. The van der Waals surface area contributed by atoms with Crippen LogP contribution < -0.4 is 4.90 Å². The maximum absolute atomic E-state index is 13.6. The molecule has 1 aromatic rings. The number of carbonyl (C=O) groups excluding carboxylic acids is 2. The van der Waals surface area contributed by atoms with Gasteiger partial charge in [-0.05, 0) is 37.8 Å². The lowest BCUT2D eigenvalue weighted by molar-refractivity contribution is -0.147. The van der Waals surface area contributed by atoms with E-state index in [4.69, 9.17) is 4.74 Å². The molecule has 3 aliphatic rings. The summed E-state index contributed by atoms with van der Waals surface area (Å²) in [6, 6.07) is 10.8. The predicted octanol–water partition coefficient (Wildman–Crippen LogP) is 4.19. The Labute approximate surface area is 192 Å². The molecule has 2 saturated heterocycles. The first kappa shape index (κ1) is 23.1. The molecule has 2 aliphatic heterocycles. The molecule has 0 radical (unpaired) electrons. The third-order valence-corrected chi connectivity index (χ3v) is 7.85. The number of likely N-dealkylation sites (tertiary alicyclic amines) is 1. The smallest absolute Gasteiger partial charge is 0.325 e. The van der Waals surface area contributed by atoms with E-state index in [1.54, 1.807) is 4.90 Å². The van der Waals surface area contributed by atoms with Gasteiger partial charge in [-0.1, -0.05) is 63.1 Å². The van der Waals surface area contributed by atoms with Crippen LogP contribution in [0.3, 0.4) is 0 Å². The van der Waals surface area contributed by atoms with Crippen LogP contribution in [0.15, 0.2) is 30.3 Å². The molecular formula is C26H39N3O3. The van der Waals surface area contributed by atoms with Crippen molar-refractivity contribution in [1.82, 2.24) is 9.80 Å². The standard InChI is InChI=1S/C26H39N3O3/c1-32-24(30)20-28-21-29(23-14-10-7-11-15-23)26(25(28)31)16-18-27(19-17-26)22-12-8-5-3-2-4-6-9-13-22/h7,10-11,14-15,22H,2-6,8-9,12-13,16-21H2,1H3. The highest BCUT2D eigenvalue weighted by atomic mass is 16.5. The molecule has 1 amide bonds. The Hall–Kier alpha value is -2.08. The molecule has 3 fully saturated rings.